The predicted molar refractivity (Wildman–Crippen MR) is 96.5 cm³/mol. The summed E-state index contributed by atoms with van der Waals surface area (Å²) in [7, 11) is 0. The van der Waals surface area contributed by atoms with Gasteiger partial charge in [0.05, 0.1) is 21.4 Å². The predicted octanol–water partition coefficient (Wildman–Crippen LogP) is 5.51. The van der Waals surface area contributed by atoms with Crippen LogP contribution in [0.15, 0.2) is 53.4 Å². The van der Waals surface area contributed by atoms with Crippen LogP contribution in [0.4, 0.5) is 0 Å². The van der Waals surface area contributed by atoms with E-state index in [2.05, 4.69) is 57.3 Å². The van der Waals surface area contributed by atoms with Gasteiger partial charge in [0.2, 0.25) is 0 Å². The number of fused-ring (bicyclic) bond motifs is 1. The molecule has 110 valence electrons. The standard InChI is InChI=1S/C18H11N3S2/c1-19-9-18-21-16(10-22-18)13-4-2-12(3-5-13)14-6-7-17-15(8-14)20-11-23-17/h2-8,10-11H,9H2. The van der Waals surface area contributed by atoms with Crippen molar-refractivity contribution in [2.45, 2.75) is 6.54 Å². The van der Waals surface area contributed by atoms with E-state index in [9.17, 15) is 0 Å². The van der Waals surface area contributed by atoms with Gasteiger partial charge in [0.15, 0.2) is 5.01 Å². The number of aromatic nitrogens is 2. The van der Waals surface area contributed by atoms with E-state index in [0.29, 0.717) is 6.54 Å². The van der Waals surface area contributed by atoms with Crippen molar-refractivity contribution in [1.29, 1.82) is 0 Å². The number of nitrogens with zero attached hydrogens (tertiary/aromatic N) is 3. The van der Waals surface area contributed by atoms with Crippen molar-refractivity contribution in [3.05, 3.63) is 69.8 Å². The van der Waals surface area contributed by atoms with Crippen molar-refractivity contribution in [1.82, 2.24) is 9.97 Å². The van der Waals surface area contributed by atoms with Gasteiger partial charge in [0.25, 0.3) is 6.54 Å². The number of benzene rings is 2. The highest BCUT2D eigenvalue weighted by atomic mass is 32.1. The van der Waals surface area contributed by atoms with Crippen LogP contribution in [0.25, 0.3) is 37.4 Å². The van der Waals surface area contributed by atoms with Gasteiger partial charge in [-0.25, -0.2) is 16.5 Å². The second-order valence-corrected chi connectivity index (χ2v) is 6.88. The van der Waals surface area contributed by atoms with E-state index >= 15 is 0 Å². The Bertz CT molecular complexity index is 1010. The number of thiazole rings is 2. The minimum Gasteiger partial charge on any atom is -0.309 e. The molecule has 0 spiro atoms. The summed E-state index contributed by atoms with van der Waals surface area (Å²) in [6, 6.07) is 14.7. The maximum absolute atomic E-state index is 6.91. The molecule has 0 saturated carbocycles. The number of hydrogen-bond acceptors (Lipinski definition) is 4. The summed E-state index contributed by atoms with van der Waals surface area (Å²) in [5.41, 5.74) is 7.27. The second kappa shape index (κ2) is 5.92. The fourth-order valence-corrected chi connectivity index (χ4v) is 3.84. The molecule has 3 nitrogen and oxygen atoms in total. The molecule has 0 radical (unpaired) electrons. The average Bonchev–Trinajstić information content (AvgIpc) is 3.24. The molecule has 0 aliphatic heterocycles. The van der Waals surface area contributed by atoms with Crippen molar-refractivity contribution >= 4 is 32.9 Å². The molecule has 0 bridgehead atoms. The Kier molecular flexibility index (Phi) is 3.62. The first-order chi connectivity index (χ1) is 11.3. The van der Waals surface area contributed by atoms with E-state index in [0.717, 1.165) is 21.8 Å². The summed E-state index contributed by atoms with van der Waals surface area (Å²) in [5, 5.41) is 2.88. The SMILES string of the molecule is [C-]#[N+]Cc1nc(-c2ccc(-c3ccc4scnc4c3)cc2)cs1. The van der Waals surface area contributed by atoms with Crippen molar-refractivity contribution in [2.75, 3.05) is 0 Å². The van der Waals surface area contributed by atoms with Crippen molar-refractivity contribution in [3.63, 3.8) is 0 Å². The Labute approximate surface area is 141 Å². The van der Waals surface area contributed by atoms with E-state index < -0.39 is 0 Å². The van der Waals surface area contributed by atoms with Crippen LogP contribution in [0, 0.1) is 6.57 Å². The maximum atomic E-state index is 6.91. The fraction of sp³-hybridized carbons (Fsp3) is 0.0556. The van der Waals surface area contributed by atoms with Gasteiger partial charge in [-0.05, 0) is 23.3 Å². The lowest BCUT2D eigenvalue weighted by Crippen LogP contribution is -1.82. The molecule has 0 aliphatic carbocycles. The molecule has 4 rings (SSSR count). The molecule has 0 saturated heterocycles. The molecule has 0 fully saturated rings. The topological polar surface area (TPSA) is 30.1 Å². The summed E-state index contributed by atoms with van der Waals surface area (Å²) in [6.07, 6.45) is 0. The van der Waals surface area contributed by atoms with Crippen molar-refractivity contribution < 1.29 is 0 Å². The van der Waals surface area contributed by atoms with Crippen LogP contribution >= 0.6 is 22.7 Å². The summed E-state index contributed by atoms with van der Waals surface area (Å²) in [4.78, 5) is 12.3. The monoisotopic (exact) mass is 333 g/mol. The minimum atomic E-state index is 0.358. The Morgan fingerprint density at radius 2 is 1.74 bits per heavy atom. The zero-order valence-electron chi connectivity index (χ0n) is 12.1. The van der Waals surface area contributed by atoms with Crippen LogP contribution in [0.2, 0.25) is 0 Å². The highest BCUT2D eigenvalue weighted by Gasteiger charge is 2.07. The van der Waals surface area contributed by atoms with Crippen molar-refractivity contribution in [3.8, 4) is 22.4 Å². The van der Waals surface area contributed by atoms with Gasteiger partial charge in [-0.3, -0.25) is 0 Å². The smallest absolute Gasteiger partial charge is 0.265 e. The van der Waals surface area contributed by atoms with E-state index in [4.69, 9.17) is 6.57 Å². The molecule has 23 heavy (non-hydrogen) atoms. The Morgan fingerprint density at radius 3 is 2.57 bits per heavy atom. The highest BCUT2D eigenvalue weighted by Crippen LogP contribution is 2.28. The number of hydrogen-bond donors (Lipinski definition) is 0. The van der Waals surface area contributed by atoms with E-state index in [1.54, 1.807) is 11.3 Å². The van der Waals surface area contributed by atoms with Crippen LogP contribution in [-0.2, 0) is 6.54 Å². The molecular formula is C18H11N3S2. The molecule has 0 N–H and O–H groups in total. The van der Waals surface area contributed by atoms with Crippen LogP contribution in [0.3, 0.4) is 0 Å². The van der Waals surface area contributed by atoms with Crippen LogP contribution in [0.5, 0.6) is 0 Å². The highest BCUT2D eigenvalue weighted by molar-refractivity contribution is 7.16. The van der Waals surface area contributed by atoms with Gasteiger partial charge >= 0.3 is 0 Å². The first-order valence-electron chi connectivity index (χ1n) is 7.05. The molecule has 2 heterocycles. The van der Waals surface area contributed by atoms with Gasteiger partial charge in [-0.2, -0.15) is 0 Å². The Balaban J connectivity index is 1.65. The lowest BCUT2D eigenvalue weighted by atomic mass is 10.0. The third-order valence-electron chi connectivity index (χ3n) is 3.61. The average molecular weight is 333 g/mol. The Hall–Kier alpha value is -2.55. The molecule has 2 aromatic carbocycles. The van der Waals surface area contributed by atoms with Gasteiger partial charge in [0.1, 0.15) is 0 Å². The van der Waals surface area contributed by atoms with Gasteiger partial charge in [-0.1, -0.05) is 30.3 Å². The molecule has 2 aromatic heterocycles. The molecule has 0 unspecified atom stereocenters. The van der Waals surface area contributed by atoms with Crippen LogP contribution in [-0.4, -0.2) is 9.97 Å². The van der Waals surface area contributed by atoms with E-state index in [-0.39, 0.29) is 0 Å². The zero-order chi connectivity index (χ0) is 15.6. The fourth-order valence-electron chi connectivity index (χ4n) is 2.45. The van der Waals surface area contributed by atoms with E-state index in [1.807, 2.05) is 10.9 Å². The molecule has 0 amide bonds. The third kappa shape index (κ3) is 2.74. The first kappa shape index (κ1) is 14.1. The molecule has 4 aromatic rings. The molecule has 5 heteroatoms. The molecular weight excluding hydrogens is 322 g/mol. The van der Waals surface area contributed by atoms with Gasteiger partial charge in [-0.15, -0.1) is 22.7 Å². The maximum Gasteiger partial charge on any atom is 0.265 e. The molecule has 0 aliphatic rings. The summed E-state index contributed by atoms with van der Waals surface area (Å²) in [5.74, 6) is 0. The molecule has 0 atom stereocenters. The normalized spacial score (nSPS) is 10.7. The summed E-state index contributed by atoms with van der Waals surface area (Å²) >= 11 is 3.20. The van der Waals surface area contributed by atoms with Gasteiger partial charge < -0.3 is 4.85 Å². The van der Waals surface area contributed by atoms with E-state index in [1.165, 1.54) is 27.2 Å². The Morgan fingerprint density at radius 1 is 0.957 bits per heavy atom. The minimum absolute atomic E-state index is 0.358. The lowest BCUT2D eigenvalue weighted by Gasteiger charge is -2.03. The van der Waals surface area contributed by atoms with Crippen molar-refractivity contribution in [2.24, 2.45) is 0 Å². The summed E-state index contributed by atoms with van der Waals surface area (Å²) in [6.45, 7) is 7.27. The van der Waals surface area contributed by atoms with Gasteiger partial charge in [0, 0.05) is 10.9 Å². The largest absolute Gasteiger partial charge is 0.309 e. The van der Waals surface area contributed by atoms with Crippen LogP contribution in [0.1, 0.15) is 5.01 Å². The summed E-state index contributed by atoms with van der Waals surface area (Å²) < 4.78 is 1.21. The first-order valence-corrected chi connectivity index (χ1v) is 8.81. The number of rotatable bonds is 3. The quantitative estimate of drug-likeness (QED) is 0.463. The third-order valence-corrected chi connectivity index (χ3v) is 5.25. The lowest BCUT2D eigenvalue weighted by molar-refractivity contribution is 1.19. The second-order valence-electron chi connectivity index (χ2n) is 5.05. The van der Waals surface area contributed by atoms with Crippen LogP contribution < -0.4 is 0 Å². The zero-order valence-corrected chi connectivity index (χ0v) is 13.7.